The number of aliphatic hydroxyl groups is 1. The van der Waals surface area contributed by atoms with Crippen molar-refractivity contribution in [3.05, 3.63) is 0 Å². The fourth-order valence-corrected chi connectivity index (χ4v) is 7.13. The Morgan fingerprint density at radius 1 is 0.620 bits per heavy atom. The molecule has 2 unspecified atom stereocenters. The highest BCUT2D eigenvalue weighted by atomic mass is 32.2. The Morgan fingerprint density at radius 2 is 1.04 bits per heavy atom. The van der Waals surface area contributed by atoms with E-state index in [-0.39, 0.29) is 87.2 Å². The number of hydrogen-bond acceptors (Lipinski definition) is 13. The highest BCUT2D eigenvalue weighted by Crippen LogP contribution is 2.16. The fraction of sp³-hybridized carbons (Fsp3) is 0.724. The van der Waals surface area contributed by atoms with Crippen LogP contribution in [0.3, 0.4) is 0 Å². The van der Waals surface area contributed by atoms with E-state index in [1.165, 1.54) is 63.8 Å². The van der Waals surface area contributed by atoms with Gasteiger partial charge in [0.25, 0.3) is 0 Å². The van der Waals surface area contributed by atoms with Gasteiger partial charge in [-0.3, -0.25) is 38.4 Å². The molecule has 8 amide bonds. The van der Waals surface area contributed by atoms with E-state index in [1.54, 1.807) is 7.05 Å². The largest absolute Gasteiger partial charge is 0.393 e. The molecule has 0 spiro atoms. The van der Waals surface area contributed by atoms with Gasteiger partial charge in [-0.1, -0.05) is 0 Å². The van der Waals surface area contributed by atoms with Gasteiger partial charge < -0.3 is 53.0 Å². The summed E-state index contributed by atoms with van der Waals surface area (Å²) in [4.78, 5) is 102. The molecule has 50 heavy (non-hydrogen) atoms. The highest BCUT2D eigenvalue weighted by molar-refractivity contribution is 7.99. The molecular formula is C29H51N9O9S3. The van der Waals surface area contributed by atoms with Crippen molar-refractivity contribution in [2.75, 3.05) is 61.6 Å². The molecule has 0 radical (unpaired) electrons. The lowest BCUT2D eigenvalue weighted by atomic mass is 10.2. The maximum atomic E-state index is 13.2. The first kappa shape index (κ1) is 44.8. The molecule has 0 bridgehead atoms. The van der Waals surface area contributed by atoms with E-state index in [9.17, 15) is 43.5 Å². The molecule has 0 saturated carbocycles. The number of likely N-dealkylation sites (N-methyl/N-ethyl adjacent to an activating group) is 1. The Labute approximate surface area is 304 Å². The average Bonchev–Trinajstić information content (AvgIpc) is 3.04. The quantitative estimate of drug-likeness (QED) is 0.0481. The number of amides is 8. The molecule has 0 aromatic heterocycles. The Bertz CT molecular complexity index is 1200. The van der Waals surface area contributed by atoms with Crippen molar-refractivity contribution in [1.29, 1.82) is 0 Å². The molecule has 1 aliphatic rings. The number of nitrogens with two attached hydrogens (primary N) is 3. The fourth-order valence-electron chi connectivity index (χ4n) is 4.26. The summed E-state index contributed by atoms with van der Waals surface area (Å²) in [5, 5.41) is 17.1. The molecule has 1 fully saturated rings. The topological polar surface area (TPSA) is 281 Å². The van der Waals surface area contributed by atoms with Crippen LogP contribution >= 0.6 is 35.3 Å². The Morgan fingerprint density at radius 3 is 1.44 bits per heavy atom. The first-order valence-electron chi connectivity index (χ1n) is 15.9. The van der Waals surface area contributed by atoms with Crippen LogP contribution in [-0.2, 0) is 38.4 Å². The number of aliphatic hydroxyl groups excluding tert-OH is 1. The SMILES string of the molecule is CN[C@H](CSCCC(=O)N1CN(C(=O)CCSCCC(=O)N[C@H](C)C(N)=O)CN(C(=O)CCSCC(NC(=O)CC(C)O)C(N)=O)C1)C(N)=O. The van der Waals surface area contributed by atoms with Crippen molar-refractivity contribution in [1.82, 2.24) is 30.7 Å². The lowest BCUT2D eigenvalue weighted by Gasteiger charge is -2.42. The van der Waals surface area contributed by atoms with E-state index < -0.39 is 47.9 Å². The lowest BCUT2D eigenvalue weighted by molar-refractivity contribution is -0.158. The van der Waals surface area contributed by atoms with Crippen molar-refractivity contribution < 1.29 is 43.5 Å². The monoisotopic (exact) mass is 765 g/mol. The minimum Gasteiger partial charge on any atom is -0.393 e. The summed E-state index contributed by atoms with van der Waals surface area (Å²) in [6.07, 6.45) is -0.747. The van der Waals surface area contributed by atoms with E-state index in [1.807, 2.05) is 0 Å². The standard InChI is InChI=1S/C29H51N9O9S3/c1-18(39)12-23(41)35-21(29(32)47)14-50-11-7-26(44)38-16-36(24(42)5-9-48-8-4-22(40)34-19(2)27(30)45)15-37(17-38)25(43)6-10-49-13-20(33-3)28(31)46/h18-21,33,39H,4-17H2,1-3H3,(H2,30,45)(H2,31,46)(H2,32,47)(H,34,40)(H,35,41)/t18?,19-,20-,21?/m1/s1. The van der Waals surface area contributed by atoms with Gasteiger partial charge in [0.2, 0.25) is 47.3 Å². The molecule has 18 nitrogen and oxygen atoms in total. The summed E-state index contributed by atoms with van der Waals surface area (Å²) in [6, 6.07) is -2.33. The second-order valence-corrected chi connectivity index (χ2v) is 15.0. The smallest absolute Gasteiger partial charge is 0.240 e. The van der Waals surface area contributed by atoms with Crippen LogP contribution in [-0.4, -0.2) is 153 Å². The van der Waals surface area contributed by atoms with Crippen LogP contribution < -0.4 is 33.2 Å². The summed E-state index contributed by atoms with van der Waals surface area (Å²) in [7, 11) is 1.61. The van der Waals surface area contributed by atoms with Crippen LogP contribution in [0.1, 0.15) is 46.0 Å². The minimum atomic E-state index is -0.993. The van der Waals surface area contributed by atoms with E-state index in [4.69, 9.17) is 17.2 Å². The molecule has 10 N–H and O–H groups in total. The molecule has 21 heteroatoms. The summed E-state index contributed by atoms with van der Waals surface area (Å²) >= 11 is 3.95. The predicted molar refractivity (Wildman–Crippen MR) is 192 cm³/mol. The van der Waals surface area contributed by atoms with Crippen LogP contribution in [0, 0.1) is 0 Å². The highest BCUT2D eigenvalue weighted by Gasteiger charge is 2.31. The molecular weight excluding hydrogens is 715 g/mol. The summed E-state index contributed by atoms with van der Waals surface area (Å²) in [5.41, 5.74) is 15.9. The summed E-state index contributed by atoms with van der Waals surface area (Å²) in [5.74, 6) is -1.78. The van der Waals surface area contributed by atoms with Gasteiger partial charge in [-0.15, -0.1) is 0 Å². The maximum Gasteiger partial charge on any atom is 0.240 e. The molecule has 0 aromatic rings. The maximum absolute atomic E-state index is 13.2. The van der Waals surface area contributed by atoms with E-state index in [2.05, 4.69) is 16.0 Å². The van der Waals surface area contributed by atoms with Gasteiger partial charge in [0.1, 0.15) is 12.1 Å². The third kappa shape index (κ3) is 18.1. The first-order valence-corrected chi connectivity index (χ1v) is 19.4. The van der Waals surface area contributed by atoms with Gasteiger partial charge in [0.15, 0.2) is 0 Å². The van der Waals surface area contributed by atoms with Gasteiger partial charge in [-0.05, 0) is 20.9 Å². The molecule has 1 rings (SSSR count). The number of nitrogens with zero attached hydrogens (tertiary/aromatic N) is 3. The second-order valence-electron chi connectivity index (χ2n) is 11.5. The average molecular weight is 766 g/mol. The van der Waals surface area contributed by atoms with Gasteiger partial charge in [0, 0.05) is 60.2 Å². The number of thioether (sulfide) groups is 3. The second kappa shape index (κ2) is 24.0. The zero-order valence-electron chi connectivity index (χ0n) is 28.7. The zero-order chi connectivity index (χ0) is 37.8. The number of rotatable bonds is 24. The number of carbonyl (C=O) groups is 8. The number of carbonyl (C=O) groups excluding carboxylic acids is 8. The van der Waals surface area contributed by atoms with Crippen LogP contribution in [0.15, 0.2) is 0 Å². The Hall–Kier alpha value is -3.27. The first-order chi connectivity index (χ1) is 23.5. The molecule has 284 valence electrons. The van der Waals surface area contributed by atoms with E-state index in [0.717, 1.165) is 0 Å². The molecule has 4 atom stereocenters. The van der Waals surface area contributed by atoms with Crippen molar-refractivity contribution in [2.24, 2.45) is 17.2 Å². The van der Waals surface area contributed by atoms with Gasteiger partial charge in [-0.25, -0.2) is 0 Å². The lowest BCUT2D eigenvalue weighted by Crippen LogP contribution is -2.59. The summed E-state index contributed by atoms with van der Waals surface area (Å²) < 4.78 is 0. The predicted octanol–water partition coefficient (Wildman–Crippen LogP) is -3.08. The van der Waals surface area contributed by atoms with Crippen LogP contribution in [0.25, 0.3) is 0 Å². The molecule has 0 aromatic carbocycles. The van der Waals surface area contributed by atoms with Crippen molar-refractivity contribution in [3.63, 3.8) is 0 Å². The zero-order valence-corrected chi connectivity index (χ0v) is 31.2. The van der Waals surface area contributed by atoms with Crippen molar-refractivity contribution in [2.45, 2.75) is 70.2 Å². The molecule has 1 heterocycles. The number of nitrogens with one attached hydrogen (secondary N) is 3. The van der Waals surface area contributed by atoms with Crippen molar-refractivity contribution in [3.8, 4) is 0 Å². The van der Waals surface area contributed by atoms with Crippen LogP contribution in [0.4, 0.5) is 0 Å². The normalized spacial score (nSPS) is 15.4. The molecule has 1 aliphatic heterocycles. The Balaban J connectivity index is 2.78. The van der Waals surface area contributed by atoms with Crippen molar-refractivity contribution >= 4 is 82.5 Å². The molecule has 1 saturated heterocycles. The van der Waals surface area contributed by atoms with Gasteiger partial charge in [0.05, 0.1) is 38.6 Å². The van der Waals surface area contributed by atoms with E-state index in [0.29, 0.717) is 23.0 Å². The third-order valence-electron chi connectivity index (χ3n) is 7.16. The van der Waals surface area contributed by atoms with Gasteiger partial charge in [-0.2, -0.15) is 35.3 Å². The van der Waals surface area contributed by atoms with Gasteiger partial charge >= 0.3 is 0 Å². The van der Waals surface area contributed by atoms with Crippen LogP contribution in [0.2, 0.25) is 0 Å². The third-order valence-corrected chi connectivity index (χ3v) is 10.3. The Kier molecular flexibility index (Phi) is 21.5. The molecule has 0 aliphatic carbocycles. The summed E-state index contributed by atoms with van der Waals surface area (Å²) in [6.45, 7) is 2.82. The minimum absolute atomic E-state index is 0.0164. The van der Waals surface area contributed by atoms with Crippen LogP contribution in [0.5, 0.6) is 0 Å². The number of hydrogen-bond donors (Lipinski definition) is 7. The van der Waals surface area contributed by atoms with E-state index >= 15 is 0 Å². The number of primary amides is 3.